The molecule has 146 valence electrons. The van der Waals surface area contributed by atoms with Crippen LogP contribution in [0.5, 0.6) is 0 Å². The number of benzene rings is 1. The van der Waals surface area contributed by atoms with Crippen molar-refractivity contribution < 1.29 is 9.21 Å². The molecule has 0 bridgehead atoms. The van der Waals surface area contributed by atoms with Gasteiger partial charge in [0.25, 0.3) is 0 Å². The highest BCUT2D eigenvalue weighted by atomic mass is 35.5. The number of carbonyl (C=O) groups excluding carboxylic acids is 1. The van der Waals surface area contributed by atoms with E-state index in [4.69, 9.17) is 16.0 Å². The number of hydrogen-bond donors (Lipinski definition) is 2. The van der Waals surface area contributed by atoms with Crippen LogP contribution in [0.1, 0.15) is 54.5 Å². The average Bonchev–Trinajstić information content (AvgIpc) is 3.28. The molecule has 1 saturated carbocycles. The number of carbonyl (C=O) groups is 1. The second-order valence-electron chi connectivity index (χ2n) is 7.23. The van der Waals surface area contributed by atoms with Gasteiger partial charge >= 0.3 is 0 Å². The van der Waals surface area contributed by atoms with E-state index in [0.29, 0.717) is 29.8 Å². The first-order chi connectivity index (χ1) is 13.5. The number of rotatable bonds is 7. The quantitative estimate of drug-likeness (QED) is 0.634. The standard InChI is InChI=1S/C20H22ClN5O2/c1-13-11-22-16(24-13)12-23-17(27)7-8-18-25-26-19(28-18)20(9-2-10-20)14-3-5-15(21)6-4-14/h3-6,11H,2,7-10,12H2,1H3,(H,22,24)(H,23,27). The van der Waals surface area contributed by atoms with Crippen molar-refractivity contribution in [1.29, 1.82) is 0 Å². The fourth-order valence-electron chi connectivity index (χ4n) is 3.52. The SMILES string of the molecule is Cc1cnc(CNC(=O)CCc2nnc(C3(c4ccc(Cl)cc4)CCC3)o2)[nH]1. The average molecular weight is 400 g/mol. The lowest BCUT2D eigenvalue weighted by Gasteiger charge is -2.39. The first-order valence-corrected chi connectivity index (χ1v) is 9.79. The smallest absolute Gasteiger partial charge is 0.227 e. The van der Waals surface area contributed by atoms with E-state index in [1.54, 1.807) is 6.20 Å². The molecule has 2 heterocycles. The van der Waals surface area contributed by atoms with Crippen LogP contribution < -0.4 is 5.32 Å². The monoisotopic (exact) mass is 399 g/mol. The third kappa shape index (κ3) is 3.80. The van der Waals surface area contributed by atoms with E-state index < -0.39 is 0 Å². The highest BCUT2D eigenvalue weighted by Crippen LogP contribution is 2.48. The Morgan fingerprint density at radius 1 is 1.29 bits per heavy atom. The zero-order valence-electron chi connectivity index (χ0n) is 15.7. The Labute approximate surface area is 167 Å². The Kier molecular flexibility index (Phi) is 5.17. The Bertz CT molecular complexity index is 959. The fourth-order valence-corrected chi connectivity index (χ4v) is 3.65. The van der Waals surface area contributed by atoms with E-state index in [0.717, 1.165) is 36.3 Å². The summed E-state index contributed by atoms with van der Waals surface area (Å²) < 4.78 is 5.94. The summed E-state index contributed by atoms with van der Waals surface area (Å²) >= 11 is 6.01. The van der Waals surface area contributed by atoms with Crippen molar-refractivity contribution in [2.75, 3.05) is 0 Å². The number of hydrogen-bond acceptors (Lipinski definition) is 5. The minimum Gasteiger partial charge on any atom is -0.424 e. The van der Waals surface area contributed by atoms with Crippen molar-refractivity contribution >= 4 is 17.5 Å². The molecular formula is C20H22ClN5O2. The predicted octanol–water partition coefficient (Wildman–Crippen LogP) is 3.47. The summed E-state index contributed by atoms with van der Waals surface area (Å²) in [6, 6.07) is 7.82. The summed E-state index contributed by atoms with van der Waals surface area (Å²) in [6.45, 7) is 2.30. The van der Waals surface area contributed by atoms with Crippen LogP contribution in [-0.4, -0.2) is 26.1 Å². The van der Waals surface area contributed by atoms with Crippen molar-refractivity contribution in [1.82, 2.24) is 25.5 Å². The van der Waals surface area contributed by atoms with E-state index in [2.05, 4.69) is 25.5 Å². The molecule has 4 rings (SSSR count). The van der Waals surface area contributed by atoms with Gasteiger partial charge in [0.15, 0.2) is 0 Å². The topological polar surface area (TPSA) is 96.7 Å². The molecule has 3 aromatic rings. The summed E-state index contributed by atoms with van der Waals surface area (Å²) in [5.74, 6) is 1.77. The highest BCUT2D eigenvalue weighted by molar-refractivity contribution is 6.30. The van der Waals surface area contributed by atoms with Gasteiger partial charge in [-0.1, -0.05) is 30.2 Å². The molecule has 8 heteroatoms. The second-order valence-corrected chi connectivity index (χ2v) is 7.67. The Morgan fingerprint density at radius 3 is 2.71 bits per heavy atom. The first-order valence-electron chi connectivity index (χ1n) is 9.41. The molecule has 0 saturated heterocycles. The van der Waals surface area contributed by atoms with Crippen molar-refractivity contribution in [2.45, 2.75) is 51.0 Å². The van der Waals surface area contributed by atoms with Crippen LogP contribution in [-0.2, 0) is 23.2 Å². The number of nitrogens with zero attached hydrogens (tertiary/aromatic N) is 3. The van der Waals surface area contributed by atoms with Crippen LogP contribution in [0.25, 0.3) is 0 Å². The number of H-pyrrole nitrogens is 1. The van der Waals surface area contributed by atoms with Crippen molar-refractivity contribution in [2.24, 2.45) is 0 Å². The fraction of sp³-hybridized carbons (Fsp3) is 0.400. The van der Waals surface area contributed by atoms with Gasteiger partial charge < -0.3 is 14.7 Å². The van der Waals surface area contributed by atoms with Crippen LogP contribution in [0.3, 0.4) is 0 Å². The highest BCUT2D eigenvalue weighted by Gasteiger charge is 2.45. The minimum atomic E-state index is -0.227. The number of nitrogens with one attached hydrogen (secondary N) is 2. The Hall–Kier alpha value is -2.67. The van der Waals surface area contributed by atoms with E-state index >= 15 is 0 Å². The minimum absolute atomic E-state index is 0.0788. The Morgan fingerprint density at radius 2 is 2.07 bits per heavy atom. The summed E-state index contributed by atoms with van der Waals surface area (Å²) in [6.07, 6.45) is 5.49. The van der Waals surface area contributed by atoms with Crippen LogP contribution in [0, 0.1) is 6.92 Å². The van der Waals surface area contributed by atoms with Crippen molar-refractivity contribution in [3.05, 3.63) is 64.3 Å². The van der Waals surface area contributed by atoms with E-state index in [9.17, 15) is 4.79 Å². The molecule has 1 fully saturated rings. The second kappa shape index (κ2) is 7.75. The van der Waals surface area contributed by atoms with Crippen molar-refractivity contribution in [3.63, 3.8) is 0 Å². The molecule has 0 radical (unpaired) electrons. The van der Waals surface area contributed by atoms with Gasteiger partial charge in [-0.05, 0) is 37.5 Å². The van der Waals surface area contributed by atoms with E-state index in [-0.39, 0.29) is 17.7 Å². The molecule has 0 atom stereocenters. The number of aromatic nitrogens is 4. The number of aromatic amines is 1. The molecule has 2 aromatic heterocycles. The normalized spacial score (nSPS) is 15.2. The molecule has 7 nitrogen and oxygen atoms in total. The molecule has 1 amide bonds. The lowest BCUT2D eigenvalue weighted by Crippen LogP contribution is -2.35. The van der Waals surface area contributed by atoms with Gasteiger partial charge in [0, 0.05) is 29.8 Å². The molecule has 2 N–H and O–H groups in total. The lowest BCUT2D eigenvalue weighted by atomic mass is 9.64. The van der Waals surface area contributed by atoms with E-state index in [1.807, 2.05) is 31.2 Å². The molecule has 1 aliphatic rings. The van der Waals surface area contributed by atoms with Crippen molar-refractivity contribution in [3.8, 4) is 0 Å². The van der Waals surface area contributed by atoms with Gasteiger partial charge in [-0.25, -0.2) is 4.98 Å². The van der Waals surface area contributed by atoms with Gasteiger partial charge in [0.1, 0.15) is 5.82 Å². The maximum Gasteiger partial charge on any atom is 0.227 e. The molecule has 1 aliphatic carbocycles. The van der Waals surface area contributed by atoms with Crippen LogP contribution in [0.4, 0.5) is 0 Å². The number of halogens is 1. The van der Waals surface area contributed by atoms with Crippen LogP contribution in [0.2, 0.25) is 5.02 Å². The van der Waals surface area contributed by atoms with Gasteiger partial charge in [-0.15, -0.1) is 10.2 Å². The summed E-state index contributed by atoms with van der Waals surface area (Å²) in [7, 11) is 0. The summed E-state index contributed by atoms with van der Waals surface area (Å²) in [5, 5.41) is 12.0. The van der Waals surface area contributed by atoms with Gasteiger partial charge in [0.2, 0.25) is 17.7 Å². The van der Waals surface area contributed by atoms with Gasteiger partial charge in [0.05, 0.1) is 12.0 Å². The van der Waals surface area contributed by atoms with Gasteiger partial charge in [-0.2, -0.15) is 0 Å². The third-order valence-corrected chi connectivity index (χ3v) is 5.51. The molecule has 0 unspecified atom stereocenters. The largest absolute Gasteiger partial charge is 0.424 e. The lowest BCUT2D eigenvalue weighted by molar-refractivity contribution is -0.121. The zero-order valence-corrected chi connectivity index (χ0v) is 16.4. The number of amides is 1. The predicted molar refractivity (Wildman–Crippen MR) is 104 cm³/mol. The first kappa shape index (κ1) is 18.7. The number of aryl methyl sites for hydroxylation is 2. The Balaban J connectivity index is 1.36. The molecule has 28 heavy (non-hydrogen) atoms. The molecule has 0 aliphatic heterocycles. The molecular weight excluding hydrogens is 378 g/mol. The maximum absolute atomic E-state index is 12.1. The molecule has 1 aromatic carbocycles. The molecule has 0 spiro atoms. The van der Waals surface area contributed by atoms with Crippen LogP contribution >= 0.6 is 11.6 Å². The van der Waals surface area contributed by atoms with Crippen LogP contribution in [0.15, 0.2) is 34.9 Å². The summed E-state index contributed by atoms with van der Waals surface area (Å²) in [4.78, 5) is 19.3. The zero-order chi connectivity index (χ0) is 19.6. The van der Waals surface area contributed by atoms with Gasteiger partial charge in [-0.3, -0.25) is 4.79 Å². The van der Waals surface area contributed by atoms with E-state index in [1.165, 1.54) is 0 Å². The third-order valence-electron chi connectivity index (χ3n) is 5.25. The summed E-state index contributed by atoms with van der Waals surface area (Å²) in [5.41, 5.74) is 1.88. The maximum atomic E-state index is 12.1. The number of imidazole rings is 1.